The van der Waals surface area contributed by atoms with Gasteiger partial charge in [0.15, 0.2) is 0 Å². The second-order valence-electron chi connectivity index (χ2n) is 7.17. The molecule has 4 heterocycles. The number of amides is 2. The van der Waals surface area contributed by atoms with E-state index >= 15 is 0 Å². The standard InChI is InChI=1S/C21H23N3O2S/c25-20(15-27-18-6-2-1-3-7-18)24-13-16-9-10-17(24)14-23(12-16)21(26)19-8-4-5-11-22-19/h1-8,11,16-17H,9-10,12-15H2/t16-,17+/m0/s1. The van der Waals surface area contributed by atoms with Crippen molar-refractivity contribution >= 4 is 23.6 Å². The van der Waals surface area contributed by atoms with Crippen LogP contribution >= 0.6 is 11.8 Å². The van der Waals surface area contributed by atoms with Gasteiger partial charge in [0.25, 0.3) is 5.91 Å². The summed E-state index contributed by atoms with van der Waals surface area (Å²) in [6.45, 7) is 2.07. The molecule has 0 spiro atoms. The lowest BCUT2D eigenvalue weighted by Crippen LogP contribution is -2.48. The maximum Gasteiger partial charge on any atom is 0.272 e. The first-order valence-electron chi connectivity index (χ1n) is 9.38. The number of thioether (sulfide) groups is 1. The van der Waals surface area contributed by atoms with Gasteiger partial charge >= 0.3 is 0 Å². The molecule has 0 radical (unpaired) electrons. The minimum atomic E-state index is -0.0274. The quantitative estimate of drug-likeness (QED) is 0.764. The number of fused-ring (bicyclic) bond motifs is 4. The Labute approximate surface area is 163 Å². The average Bonchev–Trinajstić information content (AvgIpc) is 3.05. The molecule has 0 aliphatic carbocycles. The van der Waals surface area contributed by atoms with Gasteiger partial charge in [0, 0.05) is 36.8 Å². The number of benzene rings is 1. The highest BCUT2D eigenvalue weighted by atomic mass is 32.2. The molecule has 1 aromatic carbocycles. The van der Waals surface area contributed by atoms with E-state index in [1.165, 1.54) is 0 Å². The molecule has 140 valence electrons. The summed E-state index contributed by atoms with van der Waals surface area (Å²) in [7, 11) is 0. The van der Waals surface area contributed by atoms with E-state index in [1.54, 1.807) is 24.0 Å². The molecule has 2 bridgehead atoms. The summed E-state index contributed by atoms with van der Waals surface area (Å²) in [5.41, 5.74) is 0.483. The largest absolute Gasteiger partial charge is 0.337 e. The maximum absolute atomic E-state index is 12.8. The molecule has 0 unspecified atom stereocenters. The zero-order chi connectivity index (χ0) is 18.6. The zero-order valence-corrected chi connectivity index (χ0v) is 16.0. The lowest BCUT2D eigenvalue weighted by molar-refractivity contribution is -0.132. The molecule has 2 atom stereocenters. The molecule has 3 saturated heterocycles. The summed E-state index contributed by atoms with van der Waals surface area (Å²) in [5, 5.41) is 0. The molecule has 5 nitrogen and oxygen atoms in total. The van der Waals surface area contributed by atoms with Crippen molar-refractivity contribution in [3.8, 4) is 0 Å². The van der Waals surface area contributed by atoms with Crippen LogP contribution in [0, 0.1) is 5.92 Å². The fraction of sp³-hybridized carbons (Fsp3) is 0.381. The first-order valence-corrected chi connectivity index (χ1v) is 10.4. The van der Waals surface area contributed by atoms with E-state index in [-0.39, 0.29) is 17.9 Å². The molecule has 0 saturated carbocycles. The summed E-state index contributed by atoms with van der Waals surface area (Å²) < 4.78 is 0. The number of piperidine rings is 1. The molecule has 3 aliphatic rings. The van der Waals surface area contributed by atoms with E-state index in [0.717, 1.165) is 24.3 Å². The van der Waals surface area contributed by atoms with Crippen LogP contribution in [-0.2, 0) is 4.79 Å². The minimum Gasteiger partial charge on any atom is -0.337 e. The van der Waals surface area contributed by atoms with Gasteiger partial charge in [0.1, 0.15) is 5.69 Å². The Bertz CT molecular complexity index is 800. The van der Waals surface area contributed by atoms with Crippen LogP contribution in [-0.4, -0.2) is 58.0 Å². The molecule has 1 aromatic heterocycles. The van der Waals surface area contributed by atoms with E-state index in [1.807, 2.05) is 52.3 Å². The van der Waals surface area contributed by atoms with E-state index < -0.39 is 0 Å². The van der Waals surface area contributed by atoms with Gasteiger partial charge in [-0.25, -0.2) is 0 Å². The highest BCUT2D eigenvalue weighted by Gasteiger charge is 2.38. The fourth-order valence-corrected chi connectivity index (χ4v) is 4.75. The normalized spacial score (nSPS) is 21.8. The van der Waals surface area contributed by atoms with Crippen molar-refractivity contribution in [1.82, 2.24) is 14.8 Å². The Morgan fingerprint density at radius 1 is 1.00 bits per heavy atom. The van der Waals surface area contributed by atoms with Gasteiger partial charge in [0.2, 0.25) is 5.91 Å². The van der Waals surface area contributed by atoms with Gasteiger partial charge in [0.05, 0.1) is 5.75 Å². The van der Waals surface area contributed by atoms with Crippen LogP contribution in [0.2, 0.25) is 0 Å². The van der Waals surface area contributed by atoms with Crippen molar-refractivity contribution in [2.24, 2.45) is 5.92 Å². The summed E-state index contributed by atoms with van der Waals surface area (Å²) in [4.78, 5) is 34.9. The van der Waals surface area contributed by atoms with Crippen LogP contribution in [0.5, 0.6) is 0 Å². The van der Waals surface area contributed by atoms with Gasteiger partial charge in [-0.1, -0.05) is 24.3 Å². The van der Waals surface area contributed by atoms with Crippen molar-refractivity contribution in [3.05, 3.63) is 60.4 Å². The fourth-order valence-electron chi connectivity index (χ4n) is 3.95. The number of nitrogens with zero attached hydrogens (tertiary/aromatic N) is 3. The SMILES string of the molecule is O=C(c1ccccn1)N1C[C@@H]2CC[C@H](C1)N(C(=O)CSc1ccccc1)C2. The Hall–Kier alpha value is -2.34. The molecule has 5 rings (SSSR count). The van der Waals surface area contributed by atoms with Crippen molar-refractivity contribution in [3.63, 3.8) is 0 Å². The molecule has 3 aliphatic heterocycles. The minimum absolute atomic E-state index is 0.0274. The van der Waals surface area contributed by atoms with Crippen molar-refractivity contribution in [2.45, 2.75) is 23.8 Å². The number of hydrogen-bond acceptors (Lipinski definition) is 4. The molecule has 27 heavy (non-hydrogen) atoms. The van der Waals surface area contributed by atoms with Gasteiger partial charge in [-0.05, 0) is 43.0 Å². The Balaban J connectivity index is 1.42. The zero-order valence-electron chi connectivity index (χ0n) is 15.2. The number of carbonyl (C=O) groups is 2. The second-order valence-corrected chi connectivity index (χ2v) is 8.22. The smallest absolute Gasteiger partial charge is 0.272 e. The third-order valence-electron chi connectivity index (χ3n) is 5.31. The average molecular weight is 382 g/mol. The maximum atomic E-state index is 12.8. The molecule has 2 aromatic rings. The molecule has 0 N–H and O–H groups in total. The topological polar surface area (TPSA) is 53.5 Å². The van der Waals surface area contributed by atoms with Crippen molar-refractivity contribution in [1.29, 1.82) is 0 Å². The van der Waals surface area contributed by atoms with Crippen LogP contribution in [0.4, 0.5) is 0 Å². The first-order chi connectivity index (χ1) is 13.2. The third-order valence-corrected chi connectivity index (χ3v) is 6.31. The van der Waals surface area contributed by atoms with Crippen molar-refractivity contribution in [2.75, 3.05) is 25.4 Å². The van der Waals surface area contributed by atoms with Crippen LogP contribution in [0.25, 0.3) is 0 Å². The molecule has 6 heteroatoms. The number of carbonyl (C=O) groups excluding carboxylic acids is 2. The van der Waals surface area contributed by atoms with E-state index in [0.29, 0.717) is 30.5 Å². The van der Waals surface area contributed by atoms with Crippen molar-refractivity contribution < 1.29 is 9.59 Å². The Morgan fingerprint density at radius 3 is 2.59 bits per heavy atom. The second kappa shape index (κ2) is 8.13. The van der Waals surface area contributed by atoms with E-state index in [9.17, 15) is 9.59 Å². The van der Waals surface area contributed by atoms with Crippen LogP contribution < -0.4 is 0 Å². The predicted octanol–water partition coefficient (Wildman–Crippen LogP) is 2.94. The number of rotatable bonds is 4. The van der Waals surface area contributed by atoms with Gasteiger partial charge < -0.3 is 9.80 Å². The van der Waals surface area contributed by atoms with Crippen LogP contribution in [0.3, 0.4) is 0 Å². The summed E-state index contributed by atoms with van der Waals surface area (Å²) in [5.74, 6) is 0.940. The molecular weight excluding hydrogens is 358 g/mol. The summed E-state index contributed by atoms with van der Waals surface area (Å²) in [6, 6.07) is 15.5. The van der Waals surface area contributed by atoms with E-state index in [2.05, 4.69) is 4.98 Å². The summed E-state index contributed by atoms with van der Waals surface area (Å²) in [6.07, 6.45) is 3.70. The van der Waals surface area contributed by atoms with Crippen LogP contribution in [0.15, 0.2) is 59.6 Å². The third kappa shape index (κ3) is 4.16. The van der Waals surface area contributed by atoms with Gasteiger partial charge in [-0.2, -0.15) is 0 Å². The lowest BCUT2D eigenvalue weighted by Gasteiger charge is -2.36. The lowest BCUT2D eigenvalue weighted by atomic mass is 9.95. The molecule has 2 amide bonds. The monoisotopic (exact) mass is 381 g/mol. The van der Waals surface area contributed by atoms with E-state index in [4.69, 9.17) is 0 Å². The molecular formula is C21H23N3O2S. The number of hydrogen-bond donors (Lipinski definition) is 0. The van der Waals surface area contributed by atoms with Crippen LogP contribution in [0.1, 0.15) is 23.3 Å². The molecule has 3 fully saturated rings. The Morgan fingerprint density at radius 2 is 1.81 bits per heavy atom. The highest BCUT2D eigenvalue weighted by Crippen LogP contribution is 2.30. The van der Waals surface area contributed by atoms with Gasteiger partial charge in [-0.3, -0.25) is 14.6 Å². The number of aromatic nitrogens is 1. The summed E-state index contributed by atoms with van der Waals surface area (Å²) >= 11 is 1.58. The van der Waals surface area contributed by atoms with Gasteiger partial charge in [-0.15, -0.1) is 11.8 Å². The number of pyridine rings is 1. The highest BCUT2D eigenvalue weighted by molar-refractivity contribution is 8.00. The Kier molecular flexibility index (Phi) is 5.43. The predicted molar refractivity (Wildman–Crippen MR) is 106 cm³/mol. The first kappa shape index (κ1) is 18.0.